The lowest BCUT2D eigenvalue weighted by Gasteiger charge is -2.18. The van der Waals surface area contributed by atoms with E-state index in [-0.39, 0.29) is 5.91 Å². The van der Waals surface area contributed by atoms with Gasteiger partial charge in [-0.15, -0.1) is 0 Å². The van der Waals surface area contributed by atoms with Crippen LogP contribution in [0.25, 0.3) is 5.69 Å². The number of rotatable bonds is 8. The van der Waals surface area contributed by atoms with Gasteiger partial charge in [0.1, 0.15) is 6.54 Å². The van der Waals surface area contributed by atoms with E-state index in [0.717, 1.165) is 25.3 Å². The number of carbonyl (C=O) groups excluding carboxylic acids is 1. The topological polar surface area (TPSA) is 51.4 Å². The molecule has 0 saturated carbocycles. The number of benzene rings is 2. The SMILES string of the molecule is CC[NH+](CC)Cc1ccccc1CNC(=O)c1ccc(-n2cccn2)cc1. The maximum Gasteiger partial charge on any atom is 0.251 e. The second-order valence-electron chi connectivity index (χ2n) is 6.58. The summed E-state index contributed by atoms with van der Waals surface area (Å²) in [4.78, 5) is 14.1. The zero-order valence-electron chi connectivity index (χ0n) is 16.0. The first-order valence-electron chi connectivity index (χ1n) is 9.50. The molecule has 1 amide bonds. The molecular formula is C22H27N4O+. The molecule has 0 fully saturated rings. The van der Waals surface area contributed by atoms with Crippen molar-refractivity contribution in [3.63, 3.8) is 0 Å². The van der Waals surface area contributed by atoms with E-state index >= 15 is 0 Å². The van der Waals surface area contributed by atoms with Crippen LogP contribution >= 0.6 is 0 Å². The van der Waals surface area contributed by atoms with Gasteiger partial charge in [0, 0.05) is 30.1 Å². The minimum absolute atomic E-state index is 0.0630. The van der Waals surface area contributed by atoms with Crippen molar-refractivity contribution >= 4 is 5.91 Å². The maximum atomic E-state index is 12.5. The van der Waals surface area contributed by atoms with E-state index in [1.165, 1.54) is 16.0 Å². The summed E-state index contributed by atoms with van der Waals surface area (Å²) in [5.41, 5.74) is 4.06. The normalized spacial score (nSPS) is 10.9. The van der Waals surface area contributed by atoms with E-state index in [4.69, 9.17) is 0 Å². The van der Waals surface area contributed by atoms with Crippen molar-refractivity contribution in [1.82, 2.24) is 15.1 Å². The standard InChI is InChI=1S/C22H26N4O/c1-3-25(4-2)17-20-9-6-5-8-19(20)16-23-22(27)18-10-12-21(13-11-18)26-15-7-14-24-26/h5-15H,3-4,16-17H2,1-2H3,(H,23,27)/p+1. The molecule has 0 saturated heterocycles. The minimum atomic E-state index is -0.0630. The molecule has 0 unspecified atom stereocenters. The third-order valence-electron chi connectivity index (χ3n) is 4.90. The summed E-state index contributed by atoms with van der Waals surface area (Å²) in [5, 5.41) is 7.25. The lowest BCUT2D eigenvalue weighted by Crippen LogP contribution is -3.10. The van der Waals surface area contributed by atoms with E-state index in [2.05, 4.69) is 42.5 Å². The molecule has 0 aliphatic heterocycles. The van der Waals surface area contributed by atoms with E-state index < -0.39 is 0 Å². The first-order valence-corrected chi connectivity index (χ1v) is 9.50. The Labute approximate surface area is 160 Å². The number of hydrogen-bond donors (Lipinski definition) is 2. The van der Waals surface area contributed by atoms with Gasteiger partial charge in [0.2, 0.25) is 0 Å². The molecule has 2 aromatic carbocycles. The van der Waals surface area contributed by atoms with Crippen molar-refractivity contribution in [2.45, 2.75) is 26.9 Å². The highest BCUT2D eigenvalue weighted by atomic mass is 16.1. The predicted octanol–water partition coefficient (Wildman–Crippen LogP) is 2.23. The zero-order valence-corrected chi connectivity index (χ0v) is 16.0. The number of quaternary nitrogens is 1. The first kappa shape index (κ1) is 18.9. The average molecular weight is 363 g/mol. The summed E-state index contributed by atoms with van der Waals surface area (Å²) in [6.45, 7) is 8.13. The summed E-state index contributed by atoms with van der Waals surface area (Å²) in [6.07, 6.45) is 3.61. The summed E-state index contributed by atoms with van der Waals surface area (Å²) in [5.74, 6) is -0.0630. The second-order valence-corrected chi connectivity index (χ2v) is 6.58. The molecule has 0 spiro atoms. The Morgan fingerprint density at radius 1 is 1.00 bits per heavy atom. The van der Waals surface area contributed by atoms with Gasteiger partial charge in [0.15, 0.2) is 0 Å². The Hall–Kier alpha value is -2.92. The van der Waals surface area contributed by atoms with Crippen molar-refractivity contribution < 1.29 is 9.69 Å². The smallest absolute Gasteiger partial charge is 0.251 e. The third kappa shape index (κ3) is 4.83. The van der Waals surface area contributed by atoms with Crippen LogP contribution < -0.4 is 10.2 Å². The van der Waals surface area contributed by atoms with Gasteiger partial charge in [0.05, 0.1) is 18.8 Å². The molecular weight excluding hydrogens is 336 g/mol. The molecule has 2 N–H and O–H groups in total. The minimum Gasteiger partial charge on any atom is -0.348 e. The van der Waals surface area contributed by atoms with E-state index in [0.29, 0.717) is 12.1 Å². The molecule has 3 rings (SSSR count). The van der Waals surface area contributed by atoms with Crippen molar-refractivity contribution in [3.8, 4) is 5.69 Å². The van der Waals surface area contributed by atoms with E-state index in [1.54, 1.807) is 10.9 Å². The number of nitrogens with zero attached hydrogens (tertiary/aromatic N) is 2. The van der Waals surface area contributed by atoms with Crippen molar-refractivity contribution in [3.05, 3.63) is 83.7 Å². The largest absolute Gasteiger partial charge is 0.348 e. The van der Waals surface area contributed by atoms with Crippen molar-refractivity contribution in [1.29, 1.82) is 0 Å². The third-order valence-corrected chi connectivity index (χ3v) is 4.90. The monoisotopic (exact) mass is 363 g/mol. The van der Waals surface area contributed by atoms with Crippen LogP contribution in [-0.2, 0) is 13.1 Å². The predicted molar refractivity (Wildman–Crippen MR) is 107 cm³/mol. The molecule has 140 valence electrons. The van der Waals surface area contributed by atoms with Crippen LogP contribution in [0.3, 0.4) is 0 Å². The quantitative estimate of drug-likeness (QED) is 0.645. The lowest BCUT2D eigenvalue weighted by atomic mass is 10.1. The van der Waals surface area contributed by atoms with Gasteiger partial charge in [-0.25, -0.2) is 4.68 Å². The van der Waals surface area contributed by atoms with Crippen molar-refractivity contribution in [2.24, 2.45) is 0 Å². The Kier molecular flexibility index (Phi) is 6.39. The molecule has 0 radical (unpaired) electrons. The highest BCUT2D eigenvalue weighted by Gasteiger charge is 2.11. The molecule has 1 heterocycles. The maximum absolute atomic E-state index is 12.5. The van der Waals surface area contributed by atoms with Gasteiger partial charge in [-0.3, -0.25) is 4.79 Å². The van der Waals surface area contributed by atoms with Crippen LogP contribution in [0.5, 0.6) is 0 Å². The summed E-state index contributed by atoms with van der Waals surface area (Å²) >= 11 is 0. The van der Waals surface area contributed by atoms with Crippen LogP contribution in [0, 0.1) is 0 Å². The number of aromatic nitrogens is 2. The molecule has 0 atom stereocenters. The van der Waals surface area contributed by atoms with Gasteiger partial charge in [-0.2, -0.15) is 5.10 Å². The summed E-state index contributed by atoms with van der Waals surface area (Å²) in [6, 6.07) is 17.7. The second kappa shape index (κ2) is 9.14. The number of nitrogens with one attached hydrogen (secondary N) is 2. The van der Waals surface area contributed by atoms with Crippen LogP contribution in [-0.4, -0.2) is 28.8 Å². The number of carbonyl (C=O) groups is 1. The van der Waals surface area contributed by atoms with Gasteiger partial charge in [0.25, 0.3) is 5.91 Å². The average Bonchev–Trinajstić information content (AvgIpc) is 3.26. The lowest BCUT2D eigenvalue weighted by molar-refractivity contribution is -0.910. The fraction of sp³-hybridized carbons (Fsp3) is 0.273. The van der Waals surface area contributed by atoms with Crippen LogP contribution in [0.1, 0.15) is 35.3 Å². The molecule has 1 aromatic heterocycles. The van der Waals surface area contributed by atoms with Crippen molar-refractivity contribution in [2.75, 3.05) is 13.1 Å². The zero-order chi connectivity index (χ0) is 19.1. The molecule has 0 aliphatic rings. The van der Waals surface area contributed by atoms with Crippen LogP contribution in [0.2, 0.25) is 0 Å². The first-order chi connectivity index (χ1) is 13.2. The highest BCUT2D eigenvalue weighted by molar-refractivity contribution is 5.94. The molecule has 0 aliphatic carbocycles. The van der Waals surface area contributed by atoms with E-state index in [1.807, 2.05) is 42.6 Å². The summed E-state index contributed by atoms with van der Waals surface area (Å²) < 4.78 is 1.77. The molecule has 3 aromatic rings. The van der Waals surface area contributed by atoms with E-state index in [9.17, 15) is 4.79 Å². The fourth-order valence-corrected chi connectivity index (χ4v) is 3.14. The Balaban J connectivity index is 1.64. The molecule has 5 heteroatoms. The van der Waals surface area contributed by atoms with Crippen LogP contribution in [0.15, 0.2) is 67.0 Å². The number of hydrogen-bond acceptors (Lipinski definition) is 2. The molecule has 27 heavy (non-hydrogen) atoms. The van der Waals surface area contributed by atoms with Crippen LogP contribution in [0.4, 0.5) is 0 Å². The summed E-state index contributed by atoms with van der Waals surface area (Å²) in [7, 11) is 0. The number of amides is 1. The Bertz CT molecular complexity index is 852. The highest BCUT2D eigenvalue weighted by Crippen LogP contribution is 2.10. The fourth-order valence-electron chi connectivity index (χ4n) is 3.14. The Morgan fingerprint density at radius 2 is 1.70 bits per heavy atom. The molecule has 5 nitrogen and oxygen atoms in total. The van der Waals surface area contributed by atoms with Gasteiger partial charge < -0.3 is 10.2 Å². The molecule has 0 bridgehead atoms. The Morgan fingerprint density at radius 3 is 2.33 bits per heavy atom. The van der Waals surface area contributed by atoms with Gasteiger partial charge in [-0.05, 0) is 49.7 Å². The van der Waals surface area contributed by atoms with Gasteiger partial charge in [-0.1, -0.05) is 24.3 Å². The van der Waals surface area contributed by atoms with Gasteiger partial charge >= 0.3 is 0 Å².